The number of allylic oxidation sites excluding steroid dienone is 2. The fraction of sp³-hybridized carbons (Fsp3) is 0.733. The summed E-state index contributed by atoms with van der Waals surface area (Å²) in [7, 11) is 0. The highest BCUT2D eigenvalue weighted by molar-refractivity contribution is 4.90. The van der Waals surface area contributed by atoms with Gasteiger partial charge in [0.25, 0.3) is 0 Å². The summed E-state index contributed by atoms with van der Waals surface area (Å²) >= 11 is 0. The van der Waals surface area contributed by atoms with Crippen molar-refractivity contribution in [2.75, 3.05) is 0 Å². The standard InChI is InChI=1S/C15H26/c1-3-5-7-9-11-13-15-14-12-10-8-6-4-2/h1,9,11H,4-8,10,12-15H2,2H3/b11-9+. The van der Waals surface area contributed by atoms with Crippen LogP contribution in [0.3, 0.4) is 0 Å². The first-order valence-electron chi connectivity index (χ1n) is 6.50. The van der Waals surface area contributed by atoms with E-state index >= 15 is 0 Å². The Morgan fingerprint density at radius 3 is 2.13 bits per heavy atom. The number of rotatable bonds is 10. The summed E-state index contributed by atoms with van der Waals surface area (Å²) in [4.78, 5) is 0. The fourth-order valence-corrected chi connectivity index (χ4v) is 1.62. The molecule has 0 radical (unpaired) electrons. The van der Waals surface area contributed by atoms with Crippen LogP contribution in [0.5, 0.6) is 0 Å². The van der Waals surface area contributed by atoms with Gasteiger partial charge in [0.2, 0.25) is 0 Å². The van der Waals surface area contributed by atoms with Gasteiger partial charge in [-0.25, -0.2) is 0 Å². The van der Waals surface area contributed by atoms with Crippen LogP contribution in [0.1, 0.15) is 71.1 Å². The van der Waals surface area contributed by atoms with Gasteiger partial charge in [-0.05, 0) is 19.3 Å². The minimum Gasteiger partial charge on any atom is -0.120 e. The number of unbranched alkanes of at least 4 members (excludes halogenated alkanes) is 8. The summed E-state index contributed by atoms with van der Waals surface area (Å²) < 4.78 is 0. The Morgan fingerprint density at radius 2 is 1.47 bits per heavy atom. The monoisotopic (exact) mass is 206 g/mol. The van der Waals surface area contributed by atoms with Crippen LogP contribution < -0.4 is 0 Å². The molecule has 0 aromatic heterocycles. The zero-order valence-electron chi connectivity index (χ0n) is 10.3. The molecule has 0 aromatic rings. The molecule has 0 unspecified atom stereocenters. The van der Waals surface area contributed by atoms with Gasteiger partial charge in [-0.3, -0.25) is 0 Å². The first kappa shape index (κ1) is 14.3. The number of hydrogen-bond acceptors (Lipinski definition) is 0. The number of terminal acetylenes is 1. The van der Waals surface area contributed by atoms with E-state index < -0.39 is 0 Å². The molecule has 0 spiro atoms. The van der Waals surface area contributed by atoms with Gasteiger partial charge in [-0.15, -0.1) is 12.3 Å². The molecular formula is C15H26. The second-order valence-corrected chi connectivity index (χ2v) is 4.12. The van der Waals surface area contributed by atoms with Gasteiger partial charge in [0.15, 0.2) is 0 Å². The lowest BCUT2D eigenvalue weighted by atomic mass is 10.1. The molecular weight excluding hydrogens is 180 g/mol. The average molecular weight is 206 g/mol. The summed E-state index contributed by atoms with van der Waals surface area (Å²) in [6, 6.07) is 0. The Morgan fingerprint density at radius 1 is 0.867 bits per heavy atom. The van der Waals surface area contributed by atoms with Crippen molar-refractivity contribution in [3.63, 3.8) is 0 Å². The van der Waals surface area contributed by atoms with Crippen molar-refractivity contribution < 1.29 is 0 Å². The minimum absolute atomic E-state index is 0.882. The van der Waals surface area contributed by atoms with E-state index in [1.807, 2.05) is 0 Å². The van der Waals surface area contributed by atoms with Crippen molar-refractivity contribution >= 4 is 0 Å². The first-order valence-corrected chi connectivity index (χ1v) is 6.50. The highest BCUT2D eigenvalue weighted by Gasteiger charge is 1.88. The van der Waals surface area contributed by atoms with E-state index in [9.17, 15) is 0 Å². The van der Waals surface area contributed by atoms with Crippen molar-refractivity contribution in [2.24, 2.45) is 0 Å². The Bertz CT molecular complexity index is 171. The molecule has 0 nitrogen and oxygen atoms in total. The molecule has 0 heterocycles. The van der Waals surface area contributed by atoms with Crippen molar-refractivity contribution in [1.82, 2.24) is 0 Å². The first-order chi connectivity index (χ1) is 7.41. The summed E-state index contributed by atoms with van der Waals surface area (Å²) in [5.74, 6) is 2.65. The van der Waals surface area contributed by atoms with Gasteiger partial charge >= 0.3 is 0 Å². The molecule has 0 aliphatic rings. The summed E-state index contributed by atoms with van der Waals surface area (Å²) in [5, 5.41) is 0. The smallest absolute Gasteiger partial charge is 0.0121 e. The largest absolute Gasteiger partial charge is 0.120 e. The Labute approximate surface area is 96.2 Å². The van der Waals surface area contributed by atoms with Crippen molar-refractivity contribution in [3.8, 4) is 12.3 Å². The molecule has 0 aliphatic carbocycles. The second-order valence-electron chi connectivity index (χ2n) is 4.12. The lowest BCUT2D eigenvalue weighted by Crippen LogP contribution is -1.78. The zero-order chi connectivity index (χ0) is 11.2. The normalized spacial score (nSPS) is 10.7. The second kappa shape index (κ2) is 13.3. The van der Waals surface area contributed by atoms with Crippen LogP contribution in [0.15, 0.2) is 12.2 Å². The maximum absolute atomic E-state index is 5.16. The van der Waals surface area contributed by atoms with E-state index in [2.05, 4.69) is 25.0 Å². The molecule has 0 bridgehead atoms. The molecule has 15 heavy (non-hydrogen) atoms. The molecule has 0 fully saturated rings. The van der Waals surface area contributed by atoms with Crippen molar-refractivity contribution in [1.29, 1.82) is 0 Å². The molecule has 0 heteroatoms. The van der Waals surface area contributed by atoms with Gasteiger partial charge in [-0.2, -0.15) is 0 Å². The van der Waals surface area contributed by atoms with E-state index in [1.54, 1.807) is 0 Å². The Kier molecular flexibility index (Phi) is 12.7. The molecule has 0 aromatic carbocycles. The predicted molar refractivity (Wildman–Crippen MR) is 69.8 cm³/mol. The fourth-order valence-electron chi connectivity index (χ4n) is 1.62. The van der Waals surface area contributed by atoms with Crippen LogP contribution in [0, 0.1) is 12.3 Å². The Hall–Kier alpha value is -0.700. The molecule has 86 valence electrons. The van der Waals surface area contributed by atoms with Crippen LogP contribution >= 0.6 is 0 Å². The third-order valence-electron chi connectivity index (χ3n) is 2.60. The van der Waals surface area contributed by atoms with Crippen molar-refractivity contribution in [2.45, 2.75) is 71.1 Å². The van der Waals surface area contributed by atoms with E-state index in [1.165, 1.54) is 51.4 Å². The van der Waals surface area contributed by atoms with E-state index in [0.717, 1.165) is 12.8 Å². The van der Waals surface area contributed by atoms with Gasteiger partial charge in [0, 0.05) is 6.42 Å². The minimum atomic E-state index is 0.882. The SMILES string of the molecule is C#CCC/C=C/CCCCCCCCC. The van der Waals surface area contributed by atoms with Gasteiger partial charge in [0.05, 0.1) is 0 Å². The molecule has 0 rings (SSSR count). The van der Waals surface area contributed by atoms with E-state index in [4.69, 9.17) is 6.42 Å². The third kappa shape index (κ3) is 13.3. The maximum atomic E-state index is 5.16. The van der Waals surface area contributed by atoms with Gasteiger partial charge in [-0.1, -0.05) is 57.6 Å². The third-order valence-corrected chi connectivity index (χ3v) is 2.60. The molecule has 0 aliphatic heterocycles. The topological polar surface area (TPSA) is 0 Å². The Balaban J connectivity index is 2.98. The highest BCUT2D eigenvalue weighted by atomic mass is 13.9. The maximum Gasteiger partial charge on any atom is 0.0121 e. The van der Waals surface area contributed by atoms with E-state index in [0.29, 0.717) is 0 Å². The summed E-state index contributed by atoms with van der Waals surface area (Å²) in [5.41, 5.74) is 0. The lowest BCUT2D eigenvalue weighted by molar-refractivity contribution is 0.592. The summed E-state index contributed by atoms with van der Waals surface area (Å²) in [6.07, 6.45) is 22.6. The van der Waals surface area contributed by atoms with Crippen molar-refractivity contribution in [3.05, 3.63) is 12.2 Å². The molecule has 0 saturated carbocycles. The zero-order valence-corrected chi connectivity index (χ0v) is 10.3. The molecule has 0 amide bonds. The molecule has 0 saturated heterocycles. The molecule has 0 atom stereocenters. The van der Waals surface area contributed by atoms with Crippen LogP contribution in [0.4, 0.5) is 0 Å². The van der Waals surface area contributed by atoms with Crippen LogP contribution in [0.25, 0.3) is 0 Å². The van der Waals surface area contributed by atoms with Crippen LogP contribution in [-0.2, 0) is 0 Å². The van der Waals surface area contributed by atoms with Gasteiger partial charge in [0.1, 0.15) is 0 Å². The average Bonchev–Trinajstić information content (AvgIpc) is 2.26. The summed E-state index contributed by atoms with van der Waals surface area (Å²) in [6.45, 7) is 2.26. The number of hydrogen-bond donors (Lipinski definition) is 0. The van der Waals surface area contributed by atoms with E-state index in [-0.39, 0.29) is 0 Å². The molecule has 0 N–H and O–H groups in total. The quantitative estimate of drug-likeness (QED) is 0.265. The predicted octanol–water partition coefficient (Wildman–Crippen LogP) is 5.10. The van der Waals surface area contributed by atoms with Gasteiger partial charge < -0.3 is 0 Å². The lowest BCUT2D eigenvalue weighted by Gasteiger charge is -1.98. The van der Waals surface area contributed by atoms with Crippen LogP contribution in [0.2, 0.25) is 0 Å². The highest BCUT2D eigenvalue weighted by Crippen LogP contribution is 2.08. The van der Waals surface area contributed by atoms with Crippen LogP contribution in [-0.4, -0.2) is 0 Å².